The third-order valence-corrected chi connectivity index (χ3v) is 3.26. The Morgan fingerprint density at radius 3 is 2.42 bits per heavy atom. The Bertz CT molecular complexity index is 563. The molecule has 2 N–H and O–H groups in total. The third-order valence-electron chi connectivity index (χ3n) is 3.26. The van der Waals surface area contributed by atoms with Crippen molar-refractivity contribution >= 4 is 0 Å². The van der Waals surface area contributed by atoms with Crippen molar-refractivity contribution in [3.8, 4) is 5.75 Å². The lowest BCUT2D eigenvalue weighted by Gasteiger charge is -2.20. The number of hydrogen-bond donors (Lipinski definition) is 1. The van der Waals surface area contributed by atoms with Gasteiger partial charge in [-0.3, -0.25) is 0 Å². The number of hydrogen-bond acceptors (Lipinski definition) is 2. The normalized spacial score (nSPS) is 12.2. The van der Waals surface area contributed by atoms with Crippen LogP contribution in [0.2, 0.25) is 0 Å². The molecule has 2 heteroatoms. The van der Waals surface area contributed by atoms with Gasteiger partial charge in [-0.2, -0.15) is 0 Å². The van der Waals surface area contributed by atoms with Gasteiger partial charge >= 0.3 is 0 Å². The quantitative estimate of drug-likeness (QED) is 0.904. The summed E-state index contributed by atoms with van der Waals surface area (Å²) >= 11 is 0. The minimum absolute atomic E-state index is 0.0956. The van der Waals surface area contributed by atoms with Gasteiger partial charge in [-0.1, -0.05) is 35.9 Å². The Balaban J connectivity index is 2.27. The van der Waals surface area contributed by atoms with Gasteiger partial charge in [-0.15, -0.1) is 0 Å². The van der Waals surface area contributed by atoms with E-state index in [0.29, 0.717) is 6.54 Å². The molecule has 1 atom stereocenters. The minimum atomic E-state index is -0.0956. The smallest absolute Gasteiger partial charge is 0.136 e. The zero-order valence-electron chi connectivity index (χ0n) is 11.8. The summed E-state index contributed by atoms with van der Waals surface area (Å²) in [7, 11) is 0. The molecule has 0 bridgehead atoms. The van der Waals surface area contributed by atoms with Crippen LogP contribution in [0.25, 0.3) is 0 Å². The third kappa shape index (κ3) is 3.36. The Labute approximate surface area is 115 Å². The number of aryl methyl sites for hydroxylation is 3. The van der Waals surface area contributed by atoms with Gasteiger partial charge in [-0.05, 0) is 49.6 Å². The Morgan fingerprint density at radius 1 is 1.00 bits per heavy atom. The summed E-state index contributed by atoms with van der Waals surface area (Å²) in [5, 5.41) is 0. The van der Waals surface area contributed by atoms with Gasteiger partial charge in [0.25, 0.3) is 0 Å². The van der Waals surface area contributed by atoms with Crippen molar-refractivity contribution in [2.75, 3.05) is 6.54 Å². The zero-order chi connectivity index (χ0) is 13.8. The van der Waals surface area contributed by atoms with E-state index in [1.165, 1.54) is 22.3 Å². The van der Waals surface area contributed by atoms with E-state index in [2.05, 4.69) is 45.0 Å². The molecule has 0 amide bonds. The SMILES string of the molecule is Cc1cccc(OC(CN)c2cc(C)ccc2C)c1. The maximum Gasteiger partial charge on any atom is 0.136 e. The van der Waals surface area contributed by atoms with Crippen LogP contribution in [0, 0.1) is 20.8 Å². The maximum absolute atomic E-state index is 6.04. The van der Waals surface area contributed by atoms with Crippen molar-refractivity contribution in [3.05, 3.63) is 64.7 Å². The van der Waals surface area contributed by atoms with Gasteiger partial charge in [0.05, 0.1) is 0 Å². The van der Waals surface area contributed by atoms with Crippen LogP contribution in [0.15, 0.2) is 42.5 Å². The molecule has 0 saturated heterocycles. The van der Waals surface area contributed by atoms with Gasteiger partial charge in [0.2, 0.25) is 0 Å². The largest absolute Gasteiger partial charge is 0.484 e. The van der Waals surface area contributed by atoms with Gasteiger partial charge in [-0.25, -0.2) is 0 Å². The second-order valence-electron chi connectivity index (χ2n) is 5.02. The van der Waals surface area contributed by atoms with Crippen molar-refractivity contribution in [3.63, 3.8) is 0 Å². The molecule has 0 aliphatic carbocycles. The van der Waals surface area contributed by atoms with Crippen LogP contribution in [0.4, 0.5) is 0 Å². The molecule has 1 unspecified atom stereocenters. The lowest BCUT2D eigenvalue weighted by molar-refractivity contribution is 0.213. The second-order valence-corrected chi connectivity index (χ2v) is 5.02. The molecule has 0 aliphatic heterocycles. The molecule has 2 aromatic rings. The molecular formula is C17H21NO. The van der Waals surface area contributed by atoms with E-state index in [4.69, 9.17) is 10.5 Å². The van der Waals surface area contributed by atoms with Crippen molar-refractivity contribution < 1.29 is 4.74 Å². The average molecular weight is 255 g/mol. The van der Waals surface area contributed by atoms with E-state index in [1.807, 2.05) is 18.2 Å². The fourth-order valence-electron chi connectivity index (χ4n) is 2.20. The second kappa shape index (κ2) is 5.89. The summed E-state index contributed by atoms with van der Waals surface area (Å²) in [5.74, 6) is 0.872. The highest BCUT2D eigenvalue weighted by Crippen LogP contribution is 2.25. The molecule has 100 valence electrons. The van der Waals surface area contributed by atoms with Crippen molar-refractivity contribution in [2.45, 2.75) is 26.9 Å². The fraction of sp³-hybridized carbons (Fsp3) is 0.294. The minimum Gasteiger partial charge on any atom is -0.484 e. The molecule has 0 fully saturated rings. The molecule has 2 rings (SSSR count). The van der Waals surface area contributed by atoms with Crippen LogP contribution in [0.3, 0.4) is 0 Å². The molecule has 2 nitrogen and oxygen atoms in total. The summed E-state index contributed by atoms with van der Waals surface area (Å²) in [6.07, 6.45) is -0.0956. The topological polar surface area (TPSA) is 35.2 Å². The maximum atomic E-state index is 6.04. The highest BCUT2D eigenvalue weighted by molar-refractivity contribution is 5.34. The van der Waals surface area contributed by atoms with E-state index < -0.39 is 0 Å². The average Bonchev–Trinajstić information content (AvgIpc) is 2.39. The highest BCUT2D eigenvalue weighted by Gasteiger charge is 2.14. The molecule has 0 radical (unpaired) electrons. The first-order valence-corrected chi connectivity index (χ1v) is 6.60. The zero-order valence-corrected chi connectivity index (χ0v) is 11.8. The fourth-order valence-corrected chi connectivity index (χ4v) is 2.20. The van der Waals surface area contributed by atoms with Crippen LogP contribution in [0.5, 0.6) is 5.75 Å². The van der Waals surface area contributed by atoms with E-state index in [9.17, 15) is 0 Å². The van der Waals surface area contributed by atoms with Gasteiger partial charge < -0.3 is 10.5 Å². The Morgan fingerprint density at radius 2 is 1.74 bits per heavy atom. The molecule has 0 aliphatic rings. The molecular weight excluding hydrogens is 234 g/mol. The number of ether oxygens (including phenoxy) is 1. The summed E-state index contributed by atoms with van der Waals surface area (Å²) < 4.78 is 6.04. The van der Waals surface area contributed by atoms with Crippen LogP contribution >= 0.6 is 0 Å². The molecule has 0 aromatic heterocycles. The van der Waals surface area contributed by atoms with E-state index in [-0.39, 0.29) is 6.10 Å². The van der Waals surface area contributed by atoms with Crippen molar-refractivity contribution in [1.82, 2.24) is 0 Å². The van der Waals surface area contributed by atoms with Crippen molar-refractivity contribution in [2.24, 2.45) is 5.73 Å². The van der Waals surface area contributed by atoms with Crippen LogP contribution in [-0.2, 0) is 0 Å². The lowest BCUT2D eigenvalue weighted by Crippen LogP contribution is -2.19. The summed E-state index contributed by atoms with van der Waals surface area (Å²) in [4.78, 5) is 0. The van der Waals surface area contributed by atoms with Gasteiger partial charge in [0, 0.05) is 6.54 Å². The first-order chi connectivity index (χ1) is 9.10. The number of benzene rings is 2. The van der Waals surface area contributed by atoms with Crippen LogP contribution in [-0.4, -0.2) is 6.54 Å². The predicted molar refractivity (Wildman–Crippen MR) is 79.5 cm³/mol. The Kier molecular flexibility index (Phi) is 4.23. The summed E-state index contributed by atoms with van der Waals surface area (Å²) in [5.41, 5.74) is 10.7. The first-order valence-electron chi connectivity index (χ1n) is 6.60. The molecule has 2 aromatic carbocycles. The van der Waals surface area contributed by atoms with Gasteiger partial charge in [0.1, 0.15) is 11.9 Å². The summed E-state index contributed by atoms with van der Waals surface area (Å²) in [6, 6.07) is 14.5. The predicted octanol–water partition coefficient (Wildman–Crippen LogP) is 3.69. The van der Waals surface area contributed by atoms with Crippen molar-refractivity contribution in [1.29, 1.82) is 0 Å². The number of nitrogens with two attached hydrogens (primary N) is 1. The summed E-state index contributed by atoms with van der Waals surface area (Å²) in [6.45, 7) is 6.71. The monoisotopic (exact) mass is 255 g/mol. The van der Waals surface area contributed by atoms with Gasteiger partial charge in [0.15, 0.2) is 0 Å². The van der Waals surface area contributed by atoms with E-state index in [1.54, 1.807) is 0 Å². The highest BCUT2D eigenvalue weighted by atomic mass is 16.5. The molecule has 0 spiro atoms. The van der Waals surface area contributed by atoms with E-state index >= 15 is 0 Å². The van der Waals surface area contributed by atoms with E-state index in [0.717, 1.165) is 5.75 Å². The van der Waals surface area contributed by atoms with Crippen LogP contribution < -0.4 is 10.5 Å². The first kappa shape index (κ1) is 13.6. The standard InChI is InChI=1S/C17H21NO/c1-12-5-4-6-15(9-12)19-17(11-18)16-10-13(2)7-8-14(16)3/h4-10,17H,11,18H2,1-3H3. The molecule has 19 heavy (non-hydrogen) atoms. The Hall–Kier alpha value is -1.80. The lowest BCUT2D eigenvalue weighted by atomic mass is 10.0. The molecule has 0 heterocycles. The molecule has 0 saturated carbocycles. The van der Waals surface area contributed by atoms with Crippen LogP contribution in [0.1, 0.15) is 28.4 Å². The number of rotatable bonds is 4.